The van der Waals surface area contributed by atoms with Gasteiger partial charge in [-0.1, -0.05) is 0 Å². The van der Waals surface area contributed by atoms with Gasteiger partial charge in [0.2, 0.25) is 0 Å². The first kappa shape index (κ1) is 34.6. The Balaban J connectivity index is 2.08. The predicted octanol–water partition coefficient (Wildman–Crippen LogP) is -1.38. The van der Waals surface area contributed by atoms with Crippen LogP contribution >= 0.6 is 0 Å². The topological polar surface area (TPSA) is 221 Å². The molecule has 246 valence electrons. The van der Waals surface area contributed by atoms with Crippen molar-refractivity contribution < 1.29 is 85.7 Å². The molecule has 0 N–H and O–H groups in total. The second-order valence-corrected chi connectivity index (χ2v) is 9.85. The molecule has 0 unspecified atom stereocenters. The van der Waals surface area contributed by atoms with Gasteiger partial charge in [-0.25, -0.2) is 4.79 Å². The van der Waals surface area contributed by atoms with Gasteiger partial charge in [-0.15, -0.1) is 0 Å². The highest BCUT2D eigenvalue weighted by molar-refractivity contribution is 5.72. The number of ether oxygens (including phenoxy) is 11. The van der Waals surface area contributed by atoms with Gasteiger partial charge in [0.1, 0.15) is 38.1 Å². The van der Waals surface area contributed by atoms with Crippen LogP contribution in [0.3, 0.4) is 0 Å². The zero-order valence-corrected chi connectivity index (χ0v) is 24.7. The quantitative estimate of drug-likeness (QED) is 0.199. The Kier molecular flexibility index (Phi) is 12.0. The second kappa shape index (κ2) is 15.2. The molecule has 3 saturated heterocycles. The van der Waals surface area contributed by atoms with Crippen LogP contribution in [-0.4, -0.2) is 123 Å². The fraction of sp³-hybridized carbons (Fsp3) is 0.731. The maximum absolute atomic E-state index is 12.2. The summed E-state index contributed by atoms with van der Waals surface area (Å²) in [6.45, 7) is 4.93. The van der Waals surface area contributed by atoms with E-state index < -0.39 is 123 Å². The molecule has 0 spiro atoms. The lowest BCUT2D eigenvalue weighted by molar-refractivity contribution is -0.366. The van der Waals surface area contributed by atoms with Crippen LogP contribution in [0.1, 0.15) is 41.5 Å². The zero-order chi connectivity index (χ0) is 32.7. The molecule has 0 aromatic rings. The van der Waals surface area contributed by atoms with E-state index in [0.29, 0.717) is 0 Å². The molecule has 44 heavy (non-hydrogen) atoms. The number of hydrogen-bond acceptors (Lipinski definition) is 18. The van der Waals surface area contributed by atoms with E-state index in [2.05, 4.69) is 0 Å². The number of fused-ring (bicyclic) bond motifs is 1. The van der Waals surface area contributed by atoms with Crippen molar-refractivity contribution in [1.29, 1.82) is 0 Å². The Morgan fingerprint density at radius 2 is 1.09 bits per heavy atom. The molecular weight excluding hydrogens is 600 g/mol. The lowest BCUT2D eigenvalue weighted by Crippen LogP contribution is -2.68. The average molecular weight is 635 g/mol. The maximum atomic E-state index is 12.2. The summed E-state index contributed by atoms with van der Waals surface area (Å²) in [7, 11) is 0. The van der Waals surface area contributed by atoms with E-state index in [4.69, 9.17) is 52.1 Å². The largest absolute Gasteiger partial charge is 0.463 e. The fourth-order valence-corrected chi connectivity index (χ4v) is 4.75. The molecule has 3 aliphatic rings. The van der Waals surface area contributed by atoms with Gasteiger partial charge in [-0.05, 0) is 0 Å². The molecular formula is C26H34O18. The van der Waals surface area contributed by atoms with E-state index in [1.54, 1.807) is 0 Å². The smallest absolute Gasteiger partial charge is 0.332 e. The minimum Gasteiger partial charge on any atom is -0.463 e. The van der Waals surface area contributed by atoms with E-state index in [9.17, 15) is 33.6 Å². The molecule has 0 radical (unpaired) electrons. The van der Waals surface area contributed by atoms with Crippen molar-refractivity contribution in [1.82, 2.24) is 0 Å². The minimum atomic E-state index is -1.74. The van der Waals surface area contributed by atoms with Crippen LogP contribution in [0, 0.1) is 0 Å². The van der Waals surface area contributed by atoms with Gasteiger partial charge in [0.05, 0.1) is 0 Å². The summed E-state index contributed by atoms with van der Waals surface area (Å²) < 4.78 is 60.5. The summed E-state index contributed by atoms with van der Waals surface area (Å²) in [6, 6.07) is 0. The molecule has 0 saturated carbocycles. The summed E-state index contributed by atoms with van der Waals surface area (Å²) in [4.78, 5) is 83.9. The molecule has 3 heterocycles. The van der Waals surface area contributed by atoms with Crippen molar-refractivity contribution in [2.24, 2.45) is 0 Å². The Hall–Kier alpha value is -3.87. The summed E-state index contributed by atoms with van der Waals surface area (Å²) in [6.07, 6.45) is -14.7. The fourth-order valence-electron chi connectivity index (χ4n) is 4.75. The van der Waals surface area contributed by atoms with E-state index in [1.807, 2.05) is 0 Å². The highest BCUT2D eigenvalue weighted by Gasteiger charge is 2.58. The molecule has 0 aromatic heterocycles. The van der Waals surface area contributed by atoms with Gasteiger partial charge >= 0.3 is 41.8 Å². The van der Waals surface area contributed by atoms with Crippen molar-refractivity contribution in [3.63, 3.8) is 0 Å². The van der Waals surface area contributed by atoms with Crippen LogP contribution < -0.4 is 0 Å². The van der Waals surface area contributed by atoms with Gasteiger partial charge in [-0.3, -0.25) is 28.8 Å². The molecule has 18 heteroatoms. The molecule has 3 rings (SSSR count). The number of hydrogen-bond donors (Lipinski definition) is 0. The molecule has 3 aliphatic heterocycles. The van der Waals surface area contributed by atoms with Crippen molar-refractivity contribution >= 4 is 41.8 Å². The first-order valence-corrected chi connectivity index (χ1v) is 13.4. The average Bonchev–Trinajstić information content (AvgIpc) is 2.90. The highest BCUT2D eigenvalue weighted by Crippen LogP contribution is 2.36. The first-order valence-electron chi connectivity index (χ1n) is 13.4. The van der Waals surface area contributed by atoms with Crippen LogP contribution in [0.25, 0.3) is 0 Å². The molecule has 0 aliphatic carbocycles. The lowest BCUT2D eigenvalue weighted by atomic mass is 9.95. The molecule has 10 atom stereocenters. The van der Waals surface area contributed by atoms with E-state index in [-0.39, 0.29) is 0 Å². The minimum absolute atomic E-state index is 0.483. The molecule has 18 nitrogen and oxygen atoms in total. The van der Waals surface area contributed by atoms with Crippen LogP contribution in [0.4, 0.5) is 0 Å². The summed E-state index contributed by atoms with van der Waals surface area (Å²) >= 11 is 0. The third-order valence-corrected chi connectivity index (χ3v) is 6.22. The van der Waals surface area contributed by atoms with Gasteiger partial charge in [0.25, 0.3) is 0 Å². The number of rotatable bonds is 10. The van der Waals surface area contributed by atoms with Crippen molar-refractivity contribution in [3.8, 4) is 0 Å². The molecule has 0 aromatic carbocycles. The predicted molar refractivity (Wildman–Crippen MR) is 134 cm³/mol. The van der Waals surface area contributed by atoms with Crippen LogP contribution in [-0.2, 0) is 85.7 Å². The van der Waals surface area contributed by atoms with Gasteiger partial charge in [0.15, 0.2) is 43.1 Å². The van der Waals surface area contributed by atoms with Crippen molar-refractivity contribution in [3.05, 3.63) is 0 Å². The molecule has 0 amide bonds. The summed E-state index contributed by atoms with van der Waals surface area (Å²) in [5.74, 6) is -5.70. The monoisotopic (exact) mass is 634 g/mol. The normalized spacial score (nSPS) is 33.0. The van der Waals surface area contributed by atoms with E-state index in [0.717, 1.165) is 41.5 Å². The summed E-state index contributed by atoms with van der Waals surface area (Å²) in [5.41, 5.74) is 0. The third-order valence-electron chi connectivity index (χ3n) is 6.22. The summed E-state index contributed by atoms with van der Waals surface area (Å²) in [5, 5.41) is 0. The standard InChI is InChI=1S/C26H34O18/c1-10(27)34-7-16-19(37-12(3)29)21(38-13(4)30)24(40-15(6)32)26(42-16)44-20-17(8-35-11(2)28)41-25-23(22(20)39-14(5)31)43-18(33)9-36-25/h16-17,19-26H,7-9H2,1-6H3/t16-,17-,19-,20-,21+,22+,23-,24-,25-,26-/m1/s1. The van der Waals surface area contributed by atoms with Crippen LogP contribution in [0.2, 0.25) is 0 Å². The number of carbonyl (C=O) groups excluding carboxylic acids is 7. The SMILES string of the molecule is CC(=O)OC[C@H]1O[C@H](O[C@H]2[C@H](OC(C)=O)[C@H]3OC(=O)CO[C@@H]3O[C@@H]2COC(C)=O)[C@H](OC(C)=O)[C@@H](OC(C)=O)[C@@H]1OC(C)=O. The Bertz CT molecular complexity index is 1120. The highest BCUT2D eigenvalue weighted by atomic mass is 16.8. The van der Waals surface area contributed by atoms with Gasteiger partial charge in [-0.2, -0.15) is 0 Å². The maximum Gasteiger partial charge on any atom is 0.332 e. The van der Waals surface area contributed by atoms with E-state index in [1.165, 1.54) is 0 Å². The second-order valence-electron chi connectivity index (χ2n) is 9.85. The van der Waals surface area contributed by atoms with Crippen molar-refractivity contribution in [2.45, 2.75) is 103 Å². The number of carbonyl (C=O) groups is 7. The van der Waals surface area contributed by atoms with Gasteiger partial charge in [0, 0.05) is 41.5 Å². The Labute approximate surface area is 250 Å². The molecule has 3 fully saturated rings. The van der Waals surface area contributed by atoms with Crippen LogP contribution in [0.15, 0.2) is 0 Å². The zero-order valence-electron chi connectivity index (χ0n) is 24.7. The van der Waals surface area contributed by atoms with Gasteiger partial charge < -0.3 is 52.1 Å². The van der Waals surface area contributed by atoms with E-state index >= 15 is 0 Å². The lowest BCUT2D eigenvalue weighted by Gasteiger charge is -2.49. The Morgan fingerprint density at radius 1 is 0.614 bits per heavy atom. The third kappa shape index (κ3) is 9.31. The first-order chi connectivity index (χ1) is 20.7. The van der Waals surface area contributed by atoms with Crippen LogP contribution in [0.5, 0.6) is 0 Å². The molecule has 0 bridgehead atoms. The van der Waals surface area contributed by atoms with Crippen molar-refractivity contribution in [2.75, 3.05) is 19.8 Å². The Morgan fingerprint density at radius 3 is 1.61 bits per heavy atom. The number of esters is 7.